The SMILES string of the molecule is CCc1ccc(-c2ccc(F)cc2)s1. The van der Waals surface area contributed by atoms with E-state index in [1.807, 2.05) is 12.1 Å². The number of thiophene rings is 1. The first-order valence-electron chi connectivity index (χ1n) is 4.64. The molecule has 1 aromatic heterocycles. The molecule has 0 bridgehead atoms. The molecule has 2 rings (SSSR count). The van der Waals surface area contributed by atoms with Crippen molar-refractivity contribution in [2.45, 2.75) is 13.3 Å². The third-order valence-corrected chi connectivity index (χ3v) is 3.42. The maximum Gasteiger partial charge on any atom is 0.123 e. The molecule has 14 heavy (non-hydrogen) atoms. The van der Waals surface area contributed by atoms with E-state index in [4.69, 9.17) is 0 Å². The van der Waals surface area contributed by atoms with Gasteiger partial charge in [-0.25, -0.2) is 4.39 Å². The van der Waals surface area contributed by atoms with Crippen LogP contribution in [0, 0.1) is 5.82 Å². The predicted molar refractivity (Wildman–Crippen MR) is 59.1 cm³/mol. The van der Waals surface area contributed by atoms with E-state index in [-0.39, 0.29) is 5.82 Å². The van der Waals surface area contributed by atoms with Gasteiger partial charge < -0.3 is 0 Å². The molecule has 0 saturated heterocycles. The zero-order valence-electron chi connectivity index (χ0n) is 7.96. The fourth-order valence-corrected chi connectivity index (χ4v) is 2.29. The molecule has 0 radical (unpaired) electrons. The Labute approximate surface area is 87.0 Å². The van der Waals surface area contributed by atoms with Crippen molar-refractivity contribution in [3.63, 3.8) is 0 Å². The van der Waals surface area contributed by atoms with Crippen molar-refractivity contribution in [2.75, 3.05) is 0 Å². The summed E-state index contributed by atoms with van der Waals surface area (Å²) in [5, 5.41) is 0. The van der Waals surface area contributed by atoms with Crippen LogP contribution in [0.25, 0.3) is 10.4 Å². The van der Waals surface area contributed by atoms with Gasteiger partial charge in [0.1, 0.15) is 5.82 Å². The molecule has 0 N–H and O–H groups in total. The summed E-state index contributed by atoms with van der Waals surface area (Å²) in [6.07, 6.45) is 1.06. The predicted octanol–water partition coefficient (Wildman–Crippen LogP) is 4.12. The minimum Gasteiger partial charge on any atom is -0.207 e. The van der Waals surface area contributed by atoms with Gasteiger partial charge in [0.05, 0.1) is 0 Å². The van der Waals surface area contributed by atoms with Gasteiger partial charge >= 0.3 is 0 Å². The van der Waals surface area contributed by atoms with Gasteiger partial charge in [-0.3, -0.25) is 0 Å². The molecule has 2 aromatic rings. The van der Waals surface area contributed by atoms with Crippen LogP contribution in [0.1, 0.15) is 11.8 Å². The van der Waals surface area contributed by atoms with E-state index in [1.165, 1.54) is 21.9 Å². The molecule has 0 aliphatic carbocycles. The van der Waals surface area contributed by atoms with Crippen molar-refractivity contribution in [2.24, 2.45) is 0 Å². The van der Waals surface area contributed by atoms with Crippen LogP contribution in [0.2, 0.25) is 0 Å². The van der Waals surface area contributed by atoms with Crippen LogP contribution < -0.4 is 0 Å². The summed E-state index contributed by atoms with van der Waals surface area (Å²) in [4.78, 5) is 2.58. The van der Waals surface area contributed by atoms with Gasteiger partial charge in [0, 0.05) is 9.75 Å². The van der Waals surface area contributed by atoms with E-state index in [1.54, 1.807) is 11.3 Å². The number of rotatable bonds is 2. The normalized spacial score (nSPS) is 10.4. The number of benzene rings is 1. The molecule has 0 saturated carbocycles. The van der Waals surface area contributed by atoms with Crippen LogP contribution in [0.3, 0.4) is 0 Å². The third-order valence-electron chi connectivity index (χ3n) is 2.14. The van der Waals surface area contributed by atoms with E-state index >= 15 is 0 Å². The van der Waals surface area contributed by atoms with Gasteiger partial charge in [-0.2, -0.15) is 0 Å². The Hall–Kier alpha value is -1.15. The van der Waals surface area contributed by atoms with E-state index in [2.05, 4.69) is 19.1 Å². The van der Waals surface area contributed by atoms with Crippen LogP contribution in [-0.4, -0.2) is 0 Å². The van der Waals surface area contributed by atoms with E-state index < -0.39 is 0 Å². The minimum atomic E-state index is -0.180. The highest BCUT2D eigenvalue weighted by Crippen LogP contribution is 2.28. The van der Waals surface area contributed by atoms with Gasteiger partial charge in [0.2, 0.25) is 0 Å². The van der Waals surface area contributed by atoms with Crippen LogP contribution in [-0.2, 0) is 6.42 Å². The van der Waals surface area contributed by atoms with Crippen LogP contribution in [0.4, 0.5) is 4.39 Å². The summed E-state index contributed by atoms with van der Waals surface area (Å²) in [6.45, 7) is 2.14. The molecule has 0 nitrogen and oxygen atoms in total. The van der Waals surface area contributed by atoms with Crippen LogP contribution >= 0.6 is 11.3 Å². The van der Waals surface area contributed by atoms with Gasteiger partial charge in [-0.05, 0) is 36.2 Å². The van der Waals surface area contributed by atoms with Gasteiger partial charge in [-0.1, -0.05) is 19.1 Å². The first-order valence-corrected chi connectivity index (χ1v) is 5.46. The zero-order valence-corrected chi connectivity index (χ0v) is 8.77. The molecular weight excluding hydrogens is 195 g/mol. The highest BCUT2D eigenvalue weighted by molar-refractivity contribution is 7.15. The Kier molecular flexibility index (Phi) is 2.64. The van der Waals surface area contributed by atoms with Gasteiger partial charge in [0.15, 0.2) is 0 Å². The smallest absolute Gasteiger partial charge is 0.123 e. The lowest BCUT2D eigenvalue weighted by Gasteiger charge is -1.95. The summed E-state index contributed by atoms with van der Waals surface area (Å²) < 4.78 is 12.7. The Morgan fingerprint density at radius 1 is 1.07 bits per heavy atom. The number of aryl methyl sites for hydroxylation is 1. The van der Waals surface area contributed by atoms with E-state index in [0.29, 0.717) is 0 Å². The van der Waals surface area contributed by atoms with Crippen LogP contribution in [0.5, 0.6) is 0 Å². The highest BCUT2D eigenvalue weighted by atomic mass is 32.1. The first-order chi connectivity index (χ1) is 6.79. The van der Waals surface area contributed by atoms with E-state index in [9.17, 15) is 4.39 Å². The maximum absolute atomic E-state index is 12.7. The average molecular weight is 206 g/mol. The molecule has 0 aliphatic rings. The molecule has 0 atom stereocenters. The number of halogens is 1. The fraction of sp³-hybridized carbons (Fsp3) is 0.167. The minimum absolute atomic E-state index is 0.180. The van der Waals surface area contributed by atoms with Crippen molar-refractivity contribution in [3.8, 4) is 10.4 Å². The molecule has 0 aliphatic heterocycles. The second kappa shape index (κ2) is 3.93. The maximum atomic E-state index is 12.7. The monoisotopic (exact) mass is 206 g/mol. The zero-order chi connectivity index (χ0) is 9.97. The van der Waals surface area contributed by atoms with Crippen molar-refractivity contribution in [1.82, 2.24) is 0 Å². The summed E-state index contributed by atoms with van der Waals surface area (Å²) in [5.74, 6) is -0.180. The lowest BCUT2D eigenvalue weighted by atomic mass is 10.2. The van der Waals surface area contributed by atoms with E-state index in [0.717, 1.165) is 12.0 Å². The quantitative estimate of drug-likeness (QED) is 0.693. The molecule has 0 amide bonds. The molecule has 2 heteroatoms. The second-order valence-corrected chi connectivity index (χ2v) is 4.29. The molecule has 0 spiro atoms. The first kappa shape index (κ1) is 9.41. The molecule has 72 valence electrons. The van der Waals surface area contributed by atoms with Crippen LogP contribution in [0.15, 0.2) is 36.4 Å². The lowest BCUT2D eigenvalue weighted by molar-refractivity contribution is 0.628. The molecule has 0 unspecified atom stereocenters. The summed E-state index contributed by atoms with van der Waals surface area (Å²) in [7, 11) is 0. The molecule has 0 fully saturated rings. The fourth-order valence-electron chi connectivity index (χ4n) is 1.34. The lowest BCUT2D eigenvalue weighted by Crippen LogP contribution is -1.73. The average Bonchev–Trinajstić information content (AvgIpc) is 2.67. The number of hydrogen-bond donors (Lipinski definition) is 0. The van der Waals surface area contributed by atoms with Gasteiger partial charge in [-0.15, -0.1) is 11.3 Å². The molecular formula is C12H11FS. The van der Waals surface area contributed by atoms with Crippen molar-refractivity contribution >= 4 is 11.3 Å². The molecule has 1 aromatic carbocycles. The highest BCUT2D eigenvalue weighted by Gasteiger charge is 2.01. The topological polar surface area (TPSA) is 0 Å². The second-order valence-electron chi connectivity index (χ2n) is 3.13. The summed E-state index contributed by atoms with van der Waals surface area (Å²) in [5.41, 5.74) is 1.09. The summed E-state index contributed by atoms with van der Waals surface area (Å²) >= 11 is 1.77. The largest absolute Gasteiger partial charge is 0.207 e. The van der Waals surface area contributed by atoms with Crippen molar-refractivity contribution < 1.29 is 4.39 Å². The Morgan fingerprint density at radius 3 is 2.36 bits per heavy atom. The Bertz CT molecular complexity index is 414. The number of hydrogen-bond acceptors (Lipinski definition) is 1. The molecule has 1 heterocycles. The standard InChI is InChI=1S/C12H11FS/c1-2-11-7-8-12(14-11)9-3-5-10(13)6-4-9/h3-8H,2H2,1H3. The van der Waals surface area contributed by atoms with Crippen molar-refractivity contribution in [1.29, 1.82) is 0 Å². The summed E-state index contributed by atoms with van der Waals surface area (Å²) in [6, 6.07) is 10.9. The Balaban J connectivity index is 2.34. The van der Waals surface area contributed by atoms with Gasteiger partial charge in [0.25, 0.3) is 0 Å². The van der Waals surface area contributed by atoms with Crippen molar-refractivity contribution in [3.05, 3.63) is 47.1 Å². The third kappa shape index (κ3) is 1.85. The Morgan fingerprint density at radius 2 is 1.79 bits per heavy atom.